The van der Waals surface area contributed by atoms with Crippen molar-refractivity contribution in [2.24, 2.45) is 13.0 Å². The van der Waals surface area contributed by atoms with Gasteiger partial charge in [-0.25, -0.2) is 9.37 Å². The number of halogens is 1. The standard InChI is InChI=1S/C22H24FN5OS/c1-13-12-28(10-9-18(13)26(3)16-7-5-15(23)6-8-16)20-17(11-24)21(29)27(4)22-19(20)25-14(2)30-22/h5-8,13,18H,9-10,12H2,1-4H3/t13-,18+/m0/s1. The summed E-state index contributed by atoms with van der Waals surface area (Å²) >= 11 is 1.47. The van der Waals surface area contributed by atoms with Crippen LogP contribution in [-0.4, -0.2) is 35.7 Å². The molecule has 8 heteroatoms. The minimum absolute atomic E-state index is 0.160. The minimum Gasteiger partial charge on any atom is -0.371 e. The van der Waals surface area contributed by atoms with Crippen molar-refractivity contribution >= 4 is 33.1 Å². The van der Waals surface area contributed by atoms with Crippen LogP contribution in [0, 0.1) is 30.0 Å². The molecule has 0 bridgehead atoms. The van der Waals surface area contributed by atoms with E-state index in [9.17, 15) is 14.4 Å². The lowest BCUT2D eigenvalue weighted by molar-refractivity contribution is 0.371. The molecule has 0 radical (unpaired) electrons. The molecular weight excluding hydrogens is 401 g/mol. The maximum absolute atomic E-state index is 13.3. The normalized spacial score (nSPS) is 19.1. The van der Waals surface area contributed by atoms with Crippen molar-refractivity contribution in [3.8, 4) is 6.07 Å². The average Bonchev–Trinajstić information content (AvgIpc) is 3.12. The van der Waals surface area contributed by atoms with Gasteiger partial charge in [-0.05, 0) is 43.5 Å². The second-order valence-electron chi connectivity index (χ2n) is 7.95. The number of rotatable bonds is 3. The van der Waals surface area contributed by atoms with Crippen LogP contribution in [0.2, 0.25) is 0 Å². The largest absolute Gasteiger partial charge is 0.371 e. The first-order valence-electron chi connectivity index (χ1n) is 9.95. The van der Waals surface area contributed by atoms with Gasteiger partial charge < -0.3 is 14.4 Å². The summed E-state index contributed by atoms with van der Waals surface area (Å²) in [6, 6.07) is 8.95. The van der Waals surface area contributed by atoms with Gasteiger partial charge in [0.15, 0.2) is 0 Å². The fourth-order valence-electron chi connectivity index (χ4n) is 4.47. The molecule has 30 heavy (non-hydrogen) atoms. The van der Waals surface area contributed by atoms with Gasteiger partial charge in [-0.1, -0.05) is 6.92 Å². The van der Waals surface area contributed by atoms with Crippen molar-refractivity contribution < 1.29 is 4.39 Å². The highest BCUT2D eigenvalue weighted by atomic mass is 32.1. The highest BCUT2D eigenvalue weighted by Gasteiger charge is 2.32. The highest BCUT2D eigenvalue weighted by molar-refractivity contribution is 7.18. The Labute approximate surface area is 178 Å². The van der Waals surface area contributed by atoms with Gasteiger partial charge in [0.2, 0.25) is 0 Å². The molecule has 0 unspecified atom stereocenters. The van der Waals surface area contributed by atoms with Crippen LogP contribution in [0.5, 0.6) is 0 Å². The van der Waals surface area contributed by atoms with Gasteiger partial charge in [0.1, 0.15) is 27.8 Å². The first-order valence-corrected chi connectivity index (χ1v) is 10.8. The van der Waals surface area contributed by atoms with Crippen molar-refractivity contribution in [1.82, 2.24) is 9.55 Å². The summed E-state index contributed by atoms with van der Waals surface area (Å²) in [4.78, 5) is 22.6. The van der Waals surface area contributed by atoms with Gasteiger partial charge in [-0.3, -0.25) is 4.79 Å². The number of nitriles is 1. The molecular formula is C22H24FN5OS. The Bertz CT molecular complexity index is 1190. The Morgan fingerprint density at radius 2 is 2.03 bits per heavy atom. The van der Waals surface area contributed by atoms with Gasteiger partial charge in [0.05, 0.1) is 10.7 Å². The molecule has 1 fully saturated rings. The Balaban J connectivity index is 1.68. The van der Waals surface area contributed by atoms with Crippen LogP contribution in [0.3, 0.4) is 0 Å². The van der Waals surface area contributed by atoms with Crippen LogP contribution in [0.25, 0.3) is 10.3 Å². The van der Waals surface area contributed by atoms with Gasteiger partial charge >= 0.3 is 0 Å². The van der Waals surface area contributed by atoms with Gasteiger partial charge in [0, 0.05) is 38.9 Å². The van der Waals surface area contributed by atoms with Crippen LogP contribution in [0.4, 0.5) is 15.8 Å². The van der Waals surface area contributed by atoms with E-state index < -0.39 is 0 Å². The molecule has 0 aliphatic carbocycles. The Hall–Kier alpha value is -2.92. The molecule has 1 saturated heterocycles. The Morgan fingerprint density at radius 3 is 2.67 bits per heavy atom. The molecule has 0 saturated carbocycles. The monoisotopic (exact) mass is 425 g/mol. The summed E-state index contributed by atoms with van der Waals surface area (Å²) in [7, 11) is 3.73. The number of aryl methyl sites for hydroxylation is 2. The lowest BCUT2D eigenvalue weighted by Crippen LogP contribution is -2.49. The predicted octanol–water partition coefficient (Wildman–Crippen LogP) is 3.67. The smallest absolute Gasteiger partial charge is 0.271 e. The number of pyridine rings is 1. The van der Waals surface area contributed by atoms with E-state index in [-0.39, 0.29) is 28.9 Å². The lowest BCUT2D eigenvalue weighted by Gasteiger charge is -2.43. The summed E-state index contributed by atoms with van der Waals surface area (Å²) in [6.45, 7) is 5.52. The Morgan fingerprint density at radius 1 is 1.33 bits per heavy atom. The zero-order valence-corrected chi connectivity index (χ0v) is 18.3. The molecule has 3 aromatic rings. The van der Waals surface area contributed by atoms with E-state index in [4.69, 9.17) is 0 Å². The zero-order valence-electron chi connectivity index (χ0n) is 17.5. The fourth-order valence-corrected chi connectivity index (χ4v) is 5.34. The van der Waals surface area contributed by atoms with Gasteiger partial charge in [0.25, 0.3) is 5.56 Å². The zero-order chi connectivity index (χ0) is 21.6. The quantitative estimate of drug-likeness (QED) is 0.641. The van der Waals surface area contributed by atoms with E-state index in [1.807, 2.05) is 14.0 Å². The summed E-state index contributed by atoms with van der Waals surface area (Å²) < 4.78 is 14.8. The first kappa shape index (κ1) is 20.4. The third kappa shape index (κ3) is 3.33. The number of hydrogen-bond donors (Lipinski definition) is 0. The molecule has 3 heterocycles. The molecule has 6 nitrogen and oxygen atoms in total. The van der Waals surface area contributed by atoms with E-state index >= 15 is 0 Å². The van der Waals surface area contributed by atoms with Crippen LogP contribution in [0.15, 0.2) is 29.1 Å². The van der Waals surface area contributed by atoms with E-state index in [1.54, 1.807) is 19.2 Å². The first-order chi connectivity index (χ1) is 14.3. The van der Waals surface area contributed by atoms with E-state index in [2.05, 4.69) is 27.8 Å². The third-order valence-electron chi connectivity index (χ3n) is 6.02. The van der Waals surface area contributed by atoms with Gasteiger partial charge in [-0.2, -0.15) is 5.26 Å². The molecule has 1 aliphatic rings. The second-order valence-corrected chi connectivity index (χ2v) is 9.13. The molecule has 0 amide bonds. The van der Waals surface area contributed by atoms with Crippen LogP contribution < -0.4 is 15.4 Å². The van der Waals surface area contributed by atoms with Crippen LogP contribution >= 0.6 is 11.3 Å². The molecule has 0 N–H and O–H groups in total. The fraction of sp³-hybridized carbons (Fsp3) is 0.409. The van der Waals surface area contributed by atoms with Gasteiger partial charge in [-0.15, -0.1) is 11.3 Å². The predicted molar refractivity (Wildman–Crippen MR) is 119 cm³/mol. The molecule has 2 aromatic heterocycles. The maximum Gasteiger partial charge on any atom is 0.271 e. The van der Waals surface area contributed by atoms with E-state index in [0.29, 0.717) is 18.8 Å². The van der Waals surface area contributed by atoms with E-state index in [0.717, 1.165) is 27.5 Å². The number of thiazole rings is 1. The summed E-state index contributed by atoms with van der Waals surface area (Å²) in [5.41, 5.74) is 2.25. The lowest BCUT2D eigenvalue weighted by atomic mass is 9.91. The van der Waals surface area contributed by atoms with Crippen LogP contribution in [0.1, 0.15) is 23.9 Å². The third-order valence-corrected chi connectivity index (χ3v) is 7.07. The maximum atomic E-state index is 13.3. The second kappa shape index (κ2) is 7.73. The summed E-state index contributed by atoms with van der Waals surface area (Å²) in [6.07, 6.45) is 0.861. The van der Waals surface area contributed by atoms with E-state index in [1.165, 1.54) is 28.0 Å². The highest BCUT2D eigenvalue weighted by Crippen LogP contribution is 2.35. The number of hydrogen-bond acceptors (Lipinski definition) is 6. The molecule has 156 valence electrons. The van der Waals surface area contributed by atoms with Crippen molar-refractivity contribution in [3.05, 3.63) is 51.0 Å². The molecule has 4 rings (SSSR count). The summed E-state index contributed by atoms with van der Waals surface area (Å²) in [5, 5.41) is 10.6. The van der Waals surface area contributed by atoms with Crippen molar-refractivity contribution in [1.29, 1.82) is 5.26 Å². The molecule has 1 aliphatic heterocycles. The molecule has 2 atom stereocenters. The number of aromatic nitrogens is 2. The van der Waals surface area contributed by atoms with Crippen molar-refractivity contribution in [2.45, 2.75) is 26.3 Å². The molecule has 0 spiro atoms. The Kier molecular flexibility index (Phi) is 5.24. The summed E-state index contributed by atoms with van der Waals surface area (Å²) in [5.74, 6) is 0.0338. The minimum atomic E-state index is -0.276. The van der Waals surface area contributed by atoms with Crippen molar-refractivity contribution in [2.75, 3.05) is 29.9 Å². The number of piperidine rings is 1. The van der Waals surface area contributed by atoms with Crippen molar-refractivity contribution in [3.63, 3.8) is 0 Å². The average molecular weight is 426 g/mol. The van der Waals surface area contributed by atoms with Crippen LogP contribution in [-0.2, 0) is 7.05 Å². The topological polar surface area (TPSA) is 65.2 Å². The number of benzene rings is 1. The molecule has 1 aromatic carbocycles. The number of nitrogens with zero attached hydrogens (tertiary/aromatic N) is 5. The SMILES string of the molecule is Cc1nc2c(N3CC[C@@H](N(C)c4ccc(F)cc4)[C@@H](C)C3)c(C#N)c(=O)n(C)c2s1. The number of anilines is 2. The number of fused-ring (bicyclic) bond motifs is 1.